The van der Waals surface area contributed by atoms with Gasteiger partial charge in [0, 0.05) is 5.69 Å². The molecule has 0 fully saturated rings. The van der Waals surface area contributed by atoms with Crippen molar-refractivity contribution in [2.45, 2.75) is 19.3 Å². The molecule has 0 aromatic heterocycles. The van der Waals surface area contributed by atoms with Crippen molar-refractivity contribution in [3.05, 3.63) is 59.9 Å². The molecule has 0 radical (unpaired) electrons. The van der Waals surface area contributed by atoms with Crippen LogP contribution in [0.5, 0.6) is 5.75 Å². The van der Waals surface area contributed by atoms with E-state index in [-0.39, 0.29) is 11.7 Å². The molecular formula is C17H18FNO2. The first kappa shape index (κ1) is 15.0. The van der Waals surface area contributed by atoms with E-state index >= 15 is 0 Å². The summed E-state index contributed by atoms with van der Waals surface area (Å²) in [5, 5.41) is 2.80. The molecule has 2 aromatic rings. The first-order chi connectivity index (χ1) is 9.93. The van der Waals surface area contributed by atoms with Gasteiger partial charge in [-0.15, -0.1) is 0 Å². The molecule has 0 aliphatic carbocycles. The molecule has 0 saturated heterocycles. The van der Waals surface area contributed by atoms with E-state index < -0.39 is 5.41 Å². The zero-order valence-electron chi connectivity index (χ0n) is 12.3. The van der Waals surface area contributed by atoms with Gasteiger partial charge in [0.2, 0.25) is 5.91 Å². The van der Waals surface area contributed by atoms with Crippen molar-refractivity contribution >= 4 is 11.6 Å². The van der Waals surface area contributed by atoms with Gasteiger partial charge in [0.15, 0.2) is 0 Å². The molecule has 110 valence electrons. The van der Waals surface area contributed by atoms with Crippen LogP contribution >= 0.6 is 0 Å². The SMILES string of the molecule is COc1ccc(C(C)(C)C(=O)Nc2ccc(F)cc2)cc1. The Labute approximate surface area is 123 Å². The van der Waals surface area contributed by atoms with Crippen molar-refractivity contribution in [3.63, 3.8) is 0 Å². The fourth-order valence-corrected chi connectivity index (χ4v) is 1.96. The molecule has 0 aliphatic heterocycles. The van der Waals surface area contributed by atoms with Crippen LogP contribution in [0.15, 0.2) is 48.5 Å². The number of carbonyl (C=O) groups excluding carboxylic acids is 1. The highest BCUT2D eigenvalue weighted by Crippen LogP contribution is 2.27. The van der Waals surface area contributed by atoms with Crippen LogP contribution < -0.4 is 10.1 Å². The van der Waals surface area contributed by atoms with Crippen LogP contribution in [-0.2, 0) is 10.2 Å². The van der Waals surface area contributed by atoms with Crippen LogP contribution in [0.2, 0.25) is 0 Å². The molecule has 0 atom stereocenters. The molecule has 1 amide bonds. The van der Waals surface area contributed by atoms with Crippen LogP contribution in [0, 0.1) is 5.82 Å². The topological polar surface area (TPSA) is 38.3 Å². The largest absolute Gasteiger partial charge is 0.497 e. The Hall–Kier alpha value is -2.36. The number of amides is 1. The summed E-state index contributed by atoms with van der Waals surface area (Å²) in [4.78, 5) is 12.4. The van der Waals surface area contributed by atoms with Crippen molar-refractivity contribution in [1.29, 1.82) is 0 Å². The van der Waals surface area contributed by atoms with E-state index in [1.165, 1.54) is 24.3 Å². The minimum Gasteiger partial charge on any atom is -0.497 e. The molecule has 0 bridgehead atoms. The summed E-state index contributed by atoms with van der Waals surface area (Å²) in [5.41, 5.74) is 0.742. The van der Waals surface area contributed by atoms with Gasteiger partial charge in [0.05, 0.1) is 12.5 Å². The number of anilines is 1. The third-order valence-electron chi connectivity index (χ3n) is 3.48. The number of carbonyl (C=O) groups is 1. The highest BCUT2D eigenvalue weighted by molar-refractivity contribution is 5.98. The Kier molecular flexibility index (Phi) is 4.26. The van der Waals surface area contributed by atoms with Gasteiger partial charge in [0.1, 0.15) is 11.6 Å². The minimum absolute atomic E-state index is 0.153. The van der Waals surface area contributed by atoms with Crippen LogP contribution in [0.1, 0.15) is 19.4 Å². The van der Waals surface area contributed by atoms with Crippen molar-refractivity contribution in [3.8, 4) is 5.75 Å². The highest BCUT2D eigenvalue weighted by Gasteiger charge is 2.29. The summed E-state index contributed by atoms with van der Waals surface area (Å²) in [6.07, 6.45) is 0. The van der Waals surface area contributed by atoms with Crippen molar-refractivity contribution in [1.82, 2.24) is 0 Å². The maximum atomic E-state index is 12.9. The lowest BCUT2D eigenvalue weighted by molar-refractivity contribution is -0.120. The van der Waals surface area contributed by atoms with Gasteiger partial charge in [-0.25, -0.2) is 4.39 Å². The van der Waals surface area contributed by atoms with Gasteiger partial charge in [0.25, 0.3) is 0 Å². The monoisotopic (exact) mass is 287 g/mol. The zero-order valence-corrected chi connectivity index (χ0v) is 12.3. The van der Waals surface area contributed by atoms with E-state index in [9.17, 15) is 9.18 Å². The molecule has 0 heterocycles. The van der Waals surface area contributed by atoms with Crippen LogP contribution in [0.25, 0.3) is 0 Å². The normalized spacial score (nSPS) is 11.0. The van der Waals surface area contributed by atoms with E-state index in [0.717, 1.165) is 11.3 Å². The Morgan fingerprint density at radius 1 is 1.05 bits per heavy atom. The van der Waals surface area contributed by atoms with Crippen molar-refractivity contribution < 1.29 is 13.9 Å². The molecule has 2 aromatic carbocycles. The van der Waals surface area contributed by atoms with Crippen LogP contribution in [0.3, 0.4) is 0 Å². The summed E-state index contributed by atoms with van der Waals surface area (Å²) in [5.74, 6) is 0.259. The number of nitrogens with one attached hydrogen (secondary N) is 1. The maximum absolute atomic E-state index is 12.9. The van der Waals surface area contributed by atoms with Gasteiger partial charge in [-0.05, 0) is 55.8 Å². The number of hydrogen-bond acceptors (Lipinski definition) is 2. The fourth-order valence-electron chi connectivity index (χ4n) is 1.96. The zero-order chi connectivity index (χ0) is 15.5. The molecule has 4 heteroatoms. The van der Waals surface area contributed by atoms with Gasteiger partial charge in [-0.3, -0.25) is 4.79 Å². The van der Waals surface area contributed by atoms with Crippen molar-refractivity contribution in [2.75, 3.05) is 12.4 Å². The van der Waals surface area contributed by atoms with E-state index in [1.54, 1.807) is 7.11 Å². The Morgan fingerprint density at radius 2 is 1.62 bits per heavy atom. The van der Waals surface area contributed by atoms with Gasteiger partial charge < -0.3 is 10.1 Å². The summed E-state index contributed by atoms with van der Waals surface area (Å²) in [6, 6.07) is 13.1. The number of halogens is 1. The number of hydrogen-bond donors (Lipinski definition) is 1. The minimum atomic E-state index is -0.708. The fraction of sp³-hybridized carbons (Fsp3) is 0.235. The second-order valence-electron chi connectivity index (χ2n) is 5.31. The number of methoxy groups -OCH3 is 1. The number of ether oxygens (including phenoxy) is 1. The summed E-state index contributed by atoms with van der Waals surface area (Å²) < 4.78 is 18.0. The lowest BCUT2D eigenvalue weighted by atomic mass is 9.83. The van der Waals surface area contributed by atoms with Crippen molar-refractivity contribution in [2.24, 2.45) is 0 Å². The first-order valence-corrected chi connectivity index (χ1v) is 6.65. The quantitative estimate of drug-likeness (QED) is 0.930. The third-order valence-corrected chi connectivity index (χ3v) is 3.48. The van der Waals surface area contributed by atoms with Crippen LogP contribution in [0.4, 0.5) is 10.1 Å². The van der Waals surface area contributed by atoms with E-state index in [4.69, 9.17) is 4.74 Å². The second kappa shape index (κ2) is 5.95. The van der Waals surface area contributed by atoms with E-state index in [1.807, 2.05) is 38.1 Å². The lowest BCUT2D eigenvalue weighted by Crippen LogP contribution is -2.34. The average Bonchev–Trinajstić information content (AvgIpc) is 2.49. The molecule has 1 N–H and O–H groups in total. The maximum Gasteiger partial charge on any atom is 0.234 e. The average molecular weight is 287 g/mol. The Bertz CT molecular complexity index is 618. The predicted molar refractivity (Wildman–Crippen MR) is 81.0 cm³/mol. The molecule has 3 nitrogen and oxygen atoms in total. The van der Waals surface area contributed by atoms with E-state index in [0.29, 0.717) is 5.69 Å². The molecule has 2 rings (SSSR count). The number of rotatable bonds is 4. The molecule has 0 unspecified atom stereocenters. The molecular weight excluding hydrogens is 269 g/mol. The van der Waals surface area contributed by atoms with E-state index in [2.05, 4.69) is 5.32 Å². The predicted octanol–water partition coefficient (Wildman–Crippen LogP) is 3.75. The lowest BCUT2D eigenvalue weighted by Gasteiger charge is -2.24. The Balaban J connectivity index is 2.17. The molecule has 21 heavy (non-hydrogen) atoms. The van der Waals surface area contributed by atoms with Gasteiger partial charge in [-0.2, -0.15) is 0 Å². The summed E-state index contributed by atoms with van der Waals surface area (Å²) in [7, 11) is 1.60. The molecule has 0 aliphatic rings. The first-order valence-electron chi connectivity index (χ1n) is 6.65. The second-order valence-corrected chi connectivity index (χ2v) is 5.31. The van der Waals surface area contributed by atoms with Crippen LogP contribution in [-0.4, -0.2) is 13.0 Å². The Morgan fingerprint density at radius 3 is 2.14 bits per heavy atom. The standard InChI is InChI=1S/C17H18FNO2/c1-17(2,12-4-10-15(21-3)11-5-12)16(20)19-14-8-6-13(18)7-9-14/h4-11H,1-3H3,(H,19,20). The molecule has 0 saturated carbocycles. The molecule has 0 spiro atoms. The van der Waals surface area contributed by atoms with Gasteiger partial charge in [-0.1, -0.05) is 12.1 Å². The third kappa shape index (κ3) is 3.40. The summed E-state index contributed by atoms with van der Waals surface area (Å²) >= 11 is 0. The summed E-state index contributed by atoms with van der Waals surface area (Å²) in [6.45, 7) is 3.68. The van der Waals surface area contributed by atoms with Gasteiger partial charge >= 0.3 is 0 Å². The smallest absolute Gasteiger partial charge is 0.234 e. The highest BCUT2D eigenvalue weighted by atomic mass is 19.1. The number of benzene rings is 2.